The molecule has 0 aromatic carbocycles. The maximum absolute atomic E-state index is 12.6. The van der Waals surface area contributed by atoms with Gasteiger partial charge in [-0.1, -0.05) is 0 Å². The van der Waals surface area contributed by atoms with Crippen LogP contribution in [-0.2, 0) is 11.8 Å². The summed E-state index contributed by atoms with van der Waals surface area (Å²) in [5.74, 6) is -0.280. The van der Waals surface area contributed by atoms with E-state index in [9.17, 15) is 14.4 Å². The number of aromatic nitrogens is 3. The molecule has 2 aromatic heterocycles. The number of amides is 2. The summed E-state index contributed by atoms with van der Waals surface area (Å²) in [6.45, 7) is 0.870. The molecule has 0 bridgehead atoms. The molecule has 3 heterocycles. The number of hydrogen-bond acceptors (Lipinski definition) is 5. The van der Waals surface area contributed by atoms with Gasteiger partial charge < -0.3 is 10.2 Å². The van der Waals surface area contributed by atoms with Crippen molar-refractivity contribution in [2.24, 2.45) is 13.0 Å². The van der Waals surface area contributed by atoms with E-state index in [0.717, 1.165) is 15.6 Å². The molecule has 3 rings (SSSR count). The van der Waals surface area contributed by atoms with Crippen LogP contribution in [0, 0.1) is 5.92 Å². The minimum Gasteiger partial charge on any atom is -0.336 e. The Morgan fingerprint density at radius 3 is 2.77 bits per heavy atom. The van der Waals surface area contributed by atoms with Gasteiger partial charge in [-0.25, -0.2) is 9.67 Å². The van der Waals surface area contributed by atoms with Gasteiger partial charge in [0.25, 0.3) is 11.5 Å². The van der Waals surface area contributed by atoms with Crippen molar-refractivity contribution in [3.63, 3.8) is 0 Å². The molecule has 1 aliphatic heterocycles. The van der Waals surface area contributed by atoms with Crippen molar-refractivity contribution in [2.45, 2.75) is 12.8 Å². The Morgan fingerprint density at radius 2 is 2.08 bits per heavy atom. The first-order valence-corrected chi connectivity index (χ1v) is 8.99. The number of halogens is 1. The van der Waals surface area contributed by atoms with E-state index < -0.39 is 0 Å². The molecule has 0 aliphatic carbocycles. The van der Waals surface area contributed by atoms with Crippen LogP contribution in [0.5, 0.6) is 0 Å². The number of likely N-dealkylation sites (tertiary alicyclic amines) is 1. The minimum absolute atomic E-state index is 0.161. The number of piperidine rings is 1. The zero-order valence-corrected chi connectivity index (χ0v) is 15.8. The Labute approximate surface area is 158 Å². The lowest BCUT2D eigenvalue weighted by atomic mass is 9.97. The van der Waals surface area contributed by atoms with Gasteiger partial charge in [-0.05, 0) is 47.0 Å². The number of aryl methyl sites for hydroxylation is 1. The van der Waals surface area contributed by atoms with Crippen molar-refractivity contribution in [1.29, 1.82) is 0 Å². The van der Waals surface area contributed by atoms with Gasteiger partial charge in [-0.3, -0.25) is 14.4 Å². The summed E-state index contributed by atoms with van der Waals surface area (Å²) in [4.78, 5) is 42.3. The van der Waals surface area contributed by atoms with Crippen LogP contribution in [-0.4, -0.2) is 44.6 Å². The zero-order valence-electron chi connectivity index (χ0n) is 14.2. The standard InChI is InChI=1S/C17H18BrN5O3/c1-22-15(24)7-5-13(21-22)17(26)23-8-2-3-11(10-23)16(25)20-14-6-4-12(18)9-19-14/h4-7,9,11H,2-3,8,10H2,1H3,(H,19,20,25). The molecule has 8 nitrogen and oxygen atoms in total. The van der Waals surface area contributed by atoms with E-state index >= 15 is 0 Å². The van der Waals surface area contributed by atoms with E-state index in [1.54, 1.807) is 23.2 Å². The van der Waals surface area contributed by atoms with Crippen molar-refractivity contribution in [1.82, 2.24) is 19.7 Å². The highest BCUT2D eigenvalue weighted by molar-refractivity contribution is 9.10. The Hall–Kier alpha value is -2.55. The molecule has 2 amide bonds. The molecule has 1 N–H and O–H groups in total. The van der Waals surface area contributed by atoms with Crippen LogP contribution in [0.4, 0.5) is 5.82 Å². The van der Waals surface area contributed by atoms with Crippen molar-refractivity contribution in [3.8, 4) is 0 Å². The summed E-state index contributed by atoms with van der Waals surface area (Å²) >= 11 is 3.30. The lowest BCUT2D eigenvalue weighted by Crippen LogP contribution is -2.44. The van der Waals surface area contributed by atoms with E-state index in [2.05, 4.69) is 31.3 Å². The first-order valence-electron chi connectivity index (χ1n) is 8.20. The first-order chi connectivity index (χ1) is 12.4. The molecule has 9 heteroatoms. The van der Waals surface area contributed by atoms with Crippen LogP contribution < -0.4 is 10.9 Å². The number of carbonyl (C=O) groups is 2. The summed E-state index contributed by atoms with van der Waals surface area (Å²) in [5, 5.41) is 6.78. The van der Waals surface area contributed by atoms with Gasteiger partial charge in [0.1, 0.15) is 11.5 Å². The molecule has 0 radical (unpaired) electrons. The Balaban J connectivity index is 1.67. The number of pyridine rings is 1. The molecule has 2 aromatic rings. The molecule has 1 saturated heterocycles. The van der Waals surface area contributed by atoms with Crippen LogP contribution >= 0.6 is 15.9 Å². The van der Waals surface area contributed by atoms with E-state index in [1.165, 1.54) is 19.2 Å². The van der Waals surface area contributed by atoms with Crippen molar-refractivity contribution < 1.29 is 9.59 Å². The van der Waals surface area contributed by atoms with E-state index in [0.29, 0.717) is 25.3 Å². The quantitative estimate of drug-likeness (QED) is 0.811. The number of nitrogens with one attached hydrogen (secondary N) is 1. The monoisotopic (exact) mass is 419 g/mol. The van der Waals surface area contributed by atoms with E-state index in [1.807, 2.05) is 0 Å². The van der Waals surface area contributed by atoms with Gasteiger partial charge in [-0.2, -0.15) is 5.10 Å². The minimum atomic E-state index is -0.314. The predicted molar refractivity (Wildman–Crippen MR) is 98.7 cm³/mol. The summed E-state index contributed by atoms with van der Waals surface area (Å²) in [6, 6.07) is 6.24. The molecular formula is C17H18BrN5O3. The molecule has 136 valence electrons. The largest absolute Gasteiger partial charge is 0.336 e. The van der Waals surface area contributed by atoms with Gasteiger partial charge in [0.05, 0.1) is 5.92 Å². The SMILES string of the molecule is Cn1nc(C(=O)N2CCCC(C(=O)Nc3ccc(Br)cn3)C2)ccc1=O. The van der Waals surface area contributed by atoms with Gasteiger partial charge in [-0.15, -0.1) is 0 Å². The summed E-state index contributed by atoms with van der Waals surface area (Å²) in [7, 11) is 1.50. The third-order valence-corrected chi connectivity index (χ3v) is 4.71. The third-order valence-electron chi connectivity index (χ3n) is 4.24. The van der Waals surface area contributed by atoms with Gasteiger partial charge in [0, 0.05) is 36.9 Å². The smallest absolute Gasteiger partial charge is 0.274 e. The maximum Gasteiger partial charge on any atom is 0.274 e. The average molecular weight is 420 g/mol. The highest BCUT2D eigenvalue weighted by atomic mass is 79.9. The van der Waals surface area contributed by atoms with Crippen LogP contribution in [0.1, 0.15) is 23.3 Å². The highest BCUT2D eigenvalue weighted by Gasteiger charge is 2.29. The zero-order chi connectivity index (χ0) is 18.7. The average Bonchev–Trinajstić information content (AvgIpc) is 2.65. The van der Waals surface area contributed by atoms with Crippen molar-refractivity contribution in [2.75, 3.05) is 18.4 Å². The van der Waals surface area contributed by atoms with E-state index in [4.69, 9.17) is 0 Å². The number of rotatable bonds is 3. The predicted octanol–water partition coefficient (Wildman–Crippen LogP) is 1.43. The Kier molecular flexibility index (Phi) is 5.46. The fraction of sp³-hybridized carbons (Fsp3) is 0.353. The lowest BCUT2D eigenvalue weighted by Gasteiger charge is -2.31. The van der Waals surface area contributed by atoms with Gasteiger partial charge in [0.2, 0.25) is 5.91 Å². The number of anilines is 1. The second-order valence-electron chi connectivity index (χ2n) is 6.12. The molecule has 0 spiro atoms. The molecule has 26 heavy (non-hydrogen) atoms. The van der Waals surface area contributed by atoms with E-state index in [-0.39, 0.29) is 29.0 Å². The molecule has 1 atom stereocenters. The number of hydrogen-bond donors (Lipinski definition) is 1. The molecule has 1 unspecified atom stereocenters. The molecule has 1 fully saturated rings. The molecule has 0 saturated carbocycles. The number of carbonyl (C=O) groups excluding carboxylic acids is 2. The van der Waals surface area contributed by atoms with Crippen LogP contribution in [0.3, 0.4) is 0 Å². The lowest BCUT2D eigenvalue weighted by molar-refractivity contribution is -0.121. The van der Waals surface area contributed by atoms with Crippen molar-refractivity contribution in [3.05, 3.63) is 51.0 Å². The van der Waals surface area contributed by atoms with Gasteiger partial charge in [0.15, 0.2) is 0 Å². The van der Waals surface area contributed by atoms with Crippen molar-refractivity contribution >= 4 is 33.6 Å². The Morgan fingerprint density at radius 1 is 1.27 bits per heavy atom. The first kappa shape index (κ1) is 18.2. The topological polar surface area (TPSA) is 97.2 Å². The summed E-state index contributed by atoms with van der Waals surface area (Å²) < 4.78 is 1.95. The fourth-order valence-electron chi connectivity index (χ4n) is 2.83. The normalized spacial score (nSPS) is 17.0. The fourth-order valence-corrected chi connectivity index (χ4v) is 3.07. The van der Waals surface area contributed by atoms with Crippen LogP contribution in [0.2, 0.25) is 0 Å². The summed E-state index contributed by atoms with van der Waals surface area (Å²) in [5.41, 5.74) is -0.0813. The molecular weight excluding hydrogens is 402 g/mol. The third kappa shape index (κ3) is 4.16. The highest BCUT2D eigenvalue weighted by Crippen LogP contribution is 2.20. The Bertz CT molecular complexity index is 881. The maximum atomic E-state index is 12.6. The molecule has 1 aliphatic rings. The van der Waals surface area contributed by atoms with Gasteiger partial charge >= 0.3 is 0 Å². The van der Waals surface area contributed by atoms with Crippen LogP contribution in [0.15, 0.2) is 39.7 Å². The second-order valence-corrected chi connectivity index (χ2v) is 7.04. The number of nitrogens with zero attached hydrogens (tertiary/aromatic N) is 4. The second kappa shape index (κ2) is 7.77. The summed E-state index contributed by atoms with van der Waals surface area (Å²) in [6.07, 6.45) is 3.04. The van der Waals surface area contributed by atoms with Crippen LogP contribution in [0.25, 0.3) is 0 Å².